The first-order valence-electron chi connectivity index (χ1n) is 37.7. The Bertz CT molecular complexity index is 4070. The van der Waals surface area contributed by atoms with Crippen molar-refractivity contribution in [2.45, 2.75) is 194 Å². The van der Waals surface area contributed by atoms with E-state index in [1.807, 2.05) is 0 Å². The molecule has 2 aromatic carbocycles. The molecular formula is C70H105IN24O21S4. The second-order valence-corrected chi connectivity index (χ2v) is 35.2. The van der Waals surface area contributed by atoms with Crippen LogP contribution in [0.25, 0.3) is 0 Å². The number of phenolic OH excluding ortho intramolecular Hbond substituents is 2. The number of aliphatic carboxylic acids is 2. The number of phenols is 2. The summed E-state index contributed by atoms with van der Waals surface area (Å²) in [7, 11) is 2.94. The molecule has 0 aromatic heterocycles. The van der Waals surface area contributed by atoms with Crippen LogP contribution in [0.4, 0.5) is 0 Å². The van der Waals surface area contributed by atoms with Crippen LogP contribution in [0.15, 0.2) is 42.5 Å². The van der Waals surface area contributed by atoms with Gasteiger partial charge in [-0.05, 0) is 137 Å². The van der Waals surface area contributed by atoms with Crippen molar-refractivity contribution < 1.29 is 102 Å². The van der Waals surface area contributed by atoms with E-state index in [-0.39, 0.29) is 104 Å². The Morgan fingerprint density at radius 2 is 1.17 bits per heavy atom. The van der Waals surface area contributed by atoms with Gasteiger partial charge in [0, 0.05) is 67.4 Å². The van der Waals surface area contributed by atoms with Gasteiger partial charge in [0.15, 0.2) is 17.9 Å². The highest BCUT2D eigenvalue weighted by Gasteiger charge is 2.45. The topological polar surface area (TPSA) is 760 Å². The van der Waals surface area contributed by atoms with Crippen molar-refractivity contribution in [1.82, 2.24) is 84.7 Å². The average Bonchev–Trinajstić information content (AvgIpc) is 1.60. The van der Waals surface area contributed by atoms with Gasteiger partial charge in [-0.3, -0.25) is 88.1 Å². The van der Waals surface area contributed by atoms with Gasteiger partial charge < -0.3 is 139 Å². The van der Waals surface area contributed by atoms with Crippen molar-refractivity contribution >= 4 is 178 Å². The molecule has 14 amide bonds. The van der Waals surface area contributed by atoms with E-state index >= 15 is 38.4 Å². The molecule has 5 rings (SSSR count). The summed E-state index contributed by atoms with van der Waals surface area (Å²) in [4.78, 5) is 233. The fraction of sp³-hybridized carbons (Fsp3) is 0.557. The number of carbonyl (C=O) groups is 16. The molecule has 2 aromatic rings. The van der Waals surface area contributed by atoms with Gasteiger partial charge in [0.2, 0.25) is 82.7 Å². The zero-order valence-electron chi connectivity index (χ0n) is 65.6. The molecule has 14 atom stereocenters. The number of hydrogen-bond acceptors (Lipinski definition) is 27. The number of aliphatic hydroxyl groups is 1. The Labute approximate surface area is 718 Å². The lowest BCUT2D eigenvalue weighted by molar-refractivity contribution is -0.146. The molecule has 3 saturated heterocycles. The van der Waals surface area contributed by atoms with Crippen molar-refractivity contribution in [3.63, 3.8) is 0 Å². The Kier molecular flexibility index (Phi) is 41.0. The van der Waals surface area contributed by atoms with Crippen LogP contribution in [0.1, 0.15) is 103 Å². The SMILES string of the molecule is C[C@@H](O)[C@@H]1NC(=O)[C@H]2NC(=O)[C@H](NC(=O)CN)CSSC[C@H](NC(=O)[C@H](CCCNC(=N)N)NC(=O)[C@@H]3CCCN3C(=O)[C@H](CC(=O)O)NC1=O)C(=O)N[C@@H](CCCNC(=N)N)C(=O)N[C@@H](Cc1ccc(O)c(I)c1)C(=O)N[C@@H](CCC(N)=O)C(=O)N[C@H](C(=O)N[C@@H](Cc1ccc(O)cc1)C(=O)N[C@@H](CCCNC(=N)N)C(=O)O)CSSC2(C)C. The standard InChI is InChI=1S/C70H105IN24O21S4/c1-32(96)52-63(112)90-43(27-51(101)102)65(114)95-23-7-11-47(95)62(111)86-38(9-5-21-81-68(76)77)55(104)91-45-30-118-117-29-44(83-50(100)28-72)61(110)94-53(64(113)93-52)70(2,3)120-119-31-46(60(109)89-41(25-33-12-15-35(97)16-13-33)58(107)87-40(66(115)116)10-6-22-82-69(78)79)92-56(105)39(17-19-49(73)99)85-57(106)42(26-34-14-18-48(98)36(71)24-34)88-54(103)37(84-59(45)108)8-4-20-80-67(74)75/h12-16,18,24,32,37-47,52-53,96-98H,4-11,17,19-23,25-31,72H2,1-3H3,(H2,73,99)(H,83,100)(H,84,108)(H,85,106)(H,86,111)(H,87,107)(H,88,103)(H,89,109)(H,90,112)(H,91,104)(H,92,105)(H,93,113)(H,94,110)(H,101,102)(H,115,116)(H4,74,75,80)(H4,76,77,81)(H4,78,79,82)/t32-,37+,38+,39+,40+,41+,42+,43+,44-,45+,46+,47+,52+,53-/m1/s1. The lowest BCUT2D eigenvalue weighted by Gasteiger charge is -2.35. The third kappa shape index (κ3) is 33.6. The zero-order valence-corrected chi connectivity index (χ0v) is 71.0. The molecule has 3 fully saturated rings. The molecule has 3 heterocycles. The number of carbonyl (C=O) groups excluding carboxylic acids is 14. The van der Waals surface area contributed by atoms with Crippen LogP contribution in [0.2, 0.25) is 0 Å². The Hall–Kier alpha value is -10.6. The minimum absolute atomic E-state index is 0.00495. The number of halogens is 1. The van der Waals surface area contributed by atoms with Crippen molar-refractivity contribution in [1.29, 1.82) is 16.2 Å². The third-order valence-electron chi connectivity index (χ3n) is 18.5. The summed E-state index contributed by atoms with van der Waals surface area (Å²) >= 11 is 1.79. The zero-order chi connectivity index (χ0) is 89.3. The molecule has 662 valence electrons. The quantitative estimate of drug-likeness (QED) is 0.0118. The number of fused-ring (bicyclic) bond motifs is 9. The molecule has 50 heteroatoms. The number of hydrogen-bond donors (Lipinski definition) is 28. The van der Waals surface area contributed by atoms with Gasteiger partial charge in [-0.1, -0.05) is 61.4 Å². The monoisotopic (exact) mass is 1870 g/mol. The largest absolute Gasteiger partial charge is 0.508 e. The second-order valence-electron chi connectivity index (χ2n) is 28.5. The number of primary amides is 1. The second kappa shape index (κ2) is 49.2. The van der Waals surface area contributed by atoms with E-state index in [0.717, 1.165) is 33.4 Å². The summed E-state index contributed by atoms with van der Waals surface area (Å²) < 4.78 is -1.59. The number of nitrogens with two attached hydrogens (primary N) is 5. The molecule has 3 aliphatic heterocycles. The fourth-order valence-electron chi connectivity index (χ4n) is 12.2. The summed E-state index contributed by atoms with van der Waals surface area (Å²) in [6, 6.07) is -14.4. The number of nitrogens with zero attached hydrogens (tertiary/aromatic N) is 1. The Balaban J connectivity index is 1.84. The number of rotatable bonds is 29. The first-order valence-corrected chi connectivity index (χ1v) is 43.6. The lowest BCUT2D eigenvalue weighted by atomic mass is 10.00. The number of carboxylic acids is 2. The highest BCUT2D eigenvalue weighted by Crippen LogP contribution is 2.39. The van der Waals surface area contributed by atoms with Gasteiger partial charge in [0.1, 0.15) is 90.0 Å². The predicted octanol–water partition coefficient (Wildman–Crippen LogP) is -7.18. The summed E-state index contributed by atoms with van der Waals surface area (Å²) in [5, 5.41) is 114. The summed E-state index contributed by atoms with van der Waals surface area (Å²) in [5.41, 5.74) is 28.5. The van der Waals surface area contributed by atoms with Gasteiger partial charge in [-0.2, -0.15) is 0 Å². The van der Waals surface area contributed by atoms with Gasteiger partial charge in [-0.25, -0.2) is 4.79 Å². The van der Waals surface area contributed by atoms with Crippen LogP contribution in [-0.2, 0) is 89.6 Å². The molecule has 2 bridgehead atoms. The highest BCUT2D eigenvalue weighted by molar-refractivity contribution is 14.1. The van der Waals surface area contributed by atoms with Gasteiger partial charge in [0.25, 0.3) is 0 Å². The Morgan fingerprint density at radius 3 is 1.75 bits per heavy atom. The first kappa shape index (κ1) is 100.0. The normalized spacial score (nSPS) is 23.6. The maximum Gasteiger partial charge on any atom is 0.326 e. The van der Waals surface area contributed by atoms with E-state index < -0.39 is 258 Å². The maximum atomic E-state index is 15.4. The summed E-state index contributed by atoms with van der Waals surface area (Å²) in [5.74, 6) is -22.9. The minimum Gasteiger partial charge on any atom is -0.508 e. The Morgan fingerprint density at radius 1 is 0.617 bits per heavy atom. The molecule has 0 aliphatic carbocycles. The van der Waals surface area contributed by atoms with Crippen molar-refractivity contribution in [2.75, 3.05) is 50.0 Å². The van der Waals surface area contributed by atoms with E-state index in [9.17, 15) is 63.9 Å². The van der Waals surface area contributed by atoms with E-state index in [1.165, 1.54) is 56.3 Å². The lowest BCUT2D eigenvalue weighted by Crippen LogP contribution is -2.64. The van der Waals surface area contributed by atoms with Crippen LogP contribution in [0.5, 0.6) is 11.5 Å². The molecule has 3 aliphatic rings. The number of amides is 14. The minimum atomic E-state index is -2.15. The van der Waals surface area contributed by atoms with Crippen molar-refractivity contribution in [2.24, 2.45) is 28.7 Å². The smallest absolute Gasteiger partial charge is 0.326 e. The van der Waals surface area contributed by atoms with E-state index in [0.29, 0.717) is 21.6 Å². The van der Waals surface area contributed by atoms with E-state index in [1.54, 1.807) is 22.6 Å². The summed E-state index contributed by atoms with van der Waals surface area (Å²) in [6.45, 7) is 2.55. The number of carboxylic acid groups (broad SMARTS) is 2. The fourth-order valence-corrected chi connectivity index (χ4v) is 18.0. The van der Waals surface area contributed by atoms with E-state index in [4.69, 9.17) is 44.9 Å². The molecule has 33 N–H and O–H groups in total. The number of aliphatic hydroxyl groups excluding tert-OH is 1. The molecule has 45 nitrogen and oxygen atoms in total. The maximum absolute atomic E-state index is 15.4. The van der Waals surface area contributed by atoms with Crippen LogP contribution in [-0.4, -0.2) is 282 Å². The number of benzene rings is 2. The van der Waals surface area contributed by atoms with Crippen LogP contribution in [0, 0.1) is 19.8 Å². The van der Waals surface area contributed by atoms with Crippen LogP contribution < -0.4 is 108 Å². The van der Waals surface area contributed by atoms with Crippen molar-refractivity contribution in [3.05, 3.63) is 57.2 Å². The van der Waals surface area contributed by atoms with Gasteiger partial charge in [-0.15, -0.1) is 0 Å². The number of guanidine groups is 3. The molecule has 0 saturated carbocycles. The van der Waals surface area contributed by atoms with Crippen LogP contribution in [0.3, 0.4) is 0 Å². The van der Waals surface area contributed by atoms with Gasteiger partial charge in [0.05, 0.1) is 22.6 Å². The third-order valence-corrected chi connectivity index (χ3v) is 25.1. The molecule has 0 spiro atoms. The molecular weight excluding hydrogens is 1770 g/mol. The molecule has 120 heavy (non-hydrogen) atoms. The molecule has 0 radical (unpaired) electrons. The molecule has 0 unspecified atom stereocenters. The van der Waals surface area contributed by atoms with Crippen molar-refractivity contribution in [3.8, 4) is 11.5 Å². The highest BCUT2D eigenvalue weighted by atomic mass is 127. The van der Waals surface area contributed by atoms with E-state index in [2.05, 4.69) is 79.8 Å². The summed E-state index contributed by atoms with van der Waals surface area (Å²) in [6.07, 6.45) is -6.38. The first-order chi connectivity index (χ1) is 56.6. The predicted molar refractivity (Wildman–Crippen MR) is 450 cm³/mol. The average molecular weight is 1870 g/mol. The van der Waals surface area contributed by atoms with Crippen LogP contribution >= 0.6 is 65.8 Å². The van der Waals surface area contributed by atoms with Gasteiger partial charge >= 0.3 is 11.9 Å². The number of aromatic hydroxyl groups is 2. The number of nitrogens with one attached hydrogen (secondary N) is 18.